The number of hydrogen-bond donors (Lipinski definition) is 0. The van der Waals surface area contributed by atoms with Crippen molar-refractivity contribution >= 4 is 17.7 Å². The summed E-state index contributed by atoms with van der Waals surface area (Å²) in [7, 11) is 0. The molecule has 0 spiro atoms. The zero-order chi connectivity index (χ0) is 19.8. The lowest BCUT2D eigenvalue weighted by atomic mass is 10.2. The van der Waals surface area contributed by atoms with Gasteiger partial charge in [0.2, 0.25) is 5.91 Å². The van der Waals surface area contributed by atoms with E-state index in [0.29, 0.717) is 13.1 Å². The van der Waals surface area contributed by atoms with Crippen LogP contribution in [0.25, 0.3) is 6.08 Å². The van der Waals surface area contributed by atoms with Gasteiger partial charge in [0.1, 0.15) is 6.54 Å². The number of rotatable bonds is 8. The maximum Gasteiger partial charge on any atom is 0.269 e. The number of anilines is 1. The highest BCUT2D eigenvalue weighted by Crippen LogP contribution is 2.16. The predicted octanol–water partition coefficient (Wildman–Crippen LogP) is 2.80. The quantitative estimate of drug-likeness (QED) is 0.707. The fraction of sp³-hybridized carbons (Fsp3) is 0.409. The Morgan fingerprint density at radius 2 is 1.96 bits per heavy atom. The lowest BCUT2D eigenvalue weighted by molar-refractivity contribution is -0.131. The molecule has 1 aliphatic rings. The monoisotopic (exact) mass is 380 g/mol. The molecule has 1 aliphatic heterocycles. The number of amides is 1. The van der Waals surface area contributed by atoms with E-state index in [2.05, 4.69) is 10.00 Å². The summed E-state index contributed by atoms with van der Waals surface area (Å²) in [5.74, 6) is -0.0944. The highest BCUT2D eigenvalue weighted by molar-refractivity contribution is 5.76. The molecule has 1 aromatic heterocycles. The van der Waals surface area contributed by atoms with Crippen LogP contribution in [-0.2, 0) is 11.3 Å². The fourth-order valence-corrected chi connectivity index (χ4v) is 3.39. The van der Waals surface area contributed by atoms with E-state index >= 15 is 0 Å². The zero-order valence-corrected chi connectivity index (χ0v) is 16.5. The Labute approximate surface area is 166 Å². The van der Waals surface area contributed by atoms with E-state index in [1.807, 2.05) is 49.4 Å². The summed E-state index contributed by atoms with van der Waals surface area (Å²) in [5.41, 5.74) is 1.72. The van der Waals surface area contributed by atoms with Crippen molar-refractivity contribution in [1.29, 1.82) is 0 Å². The summed E-state index contributed by atoms with van der Waals surface area (Å²) in [6.07, 6.45) is 8.83. The SMILES string of the molecule is CCCN(C/C=C/c1ccccc1)C(=O)Cn1ncc(N2CCCC2)cc1=O. The van der Waals surface area contributed by atoms with Gasteiger partial charge in [0.25, 0.3) is 5.56 Å². The highest BCUT2D eigenvalue weighted by atomic mass is 16.2. The molecule has 1 aromatic carbocycles. The van der Waals surface area contributed by atoms with Gasteiger partial charge in [-0.05, 0) is 24.8 Å². The second-order valence-corrected chi connectivity index (χ2v) is 7.06. The van der Waals surface area contributed by atoms with Crippen LogP contribution in [0, 0.1) is 0 Å². The number of benzene rings is 1. The fourth-order valence-electron chi connectivity index (χ4n) is 3.39. The Morgan fingerprint density at radius 1 is 1.21 bits per heavy atom. The molecule has 2 heterocycles. The van der Waals surface area contributed by atoms with E-state index in [1.165, 1.54) is 4.68 Å². The summed E-state index contributed by atoms with van der Waals surface area (Å²) in [6.45, 7) is 5.10. The first-order valence-electron chi connectivity index (χ1n) is 9.99. The molecular formula is C22H28N4O2. The lowest BCUT2D eigenvalue weighted by Crippen LogP contribution is -2.38. The molecule has 1 fully saturated rings. The molecule has 0 unspecified atom stereocenters. The summed E-state index contributed by atoms with van der Waals surface area (Å²) in [6, 6.07) is 11.6. The summed E-state index contributed by atoms with van der Waals surface area (Å²) >= 11 is 0. The third-order valence-corrected chi connectivity index (χ3v) is 4.89. The lowest BCUT2D eigenvalue weighted by Gasteiger charge is -2.21. The van der Waals surface area contributed by atoms with Gasteiger partial charge in [0.05, 0.1) is 11.9 Å². The van der Waals surface area contributed by atoms with Gasteiger partial charge in [-0.15, -0.1) is 0 Å². The van der Waals surface area contributed by atoms with Crippen LogP contribution >= 0.6 is 0 Å². The van der Waals surface area contributed by atoms with Gasteiger partial charge in [0.15, 0.2) is 0 Å². The van der Waals surface area contributed by atoms with E-state index in [4.69, 9.17) is 0 Å². The number of nitrogens with zero attached hydrogens (tertiary/aromatic N) is 4. The number of hydrogen-bond acceptors (Lipinski definition) is 4. The molecular weight excluding hydrogens is 352 g/mol. The Hall–Kier alpha value is -2.89. The molecule has 6 nitrogen and oxygen atoms in total. The molecule has 2 aromatic rings. The Kier molecular flexibility index (Phi) is 7.00. The molecule has 1 amide bonds. The van der Waals surface area contributed by atoms with Gasteiger partial charge in [-0.1, -0.05) is 49.4 Å². The maximum atomic E-state index is 12.7. The van der Waals surface area contributed by atoms with Crippen molar-refractivity contribution in [3.8, 4) is 0 Å². The largest absolute Gasteiger partial charge is 0.370 e. The van der Waals surface area contributed by atoms with E-state index < -0.39 is 0 Å². The van der Waals surface area contributed by atoms with Crippen LogP contribution < -0.4 is 10.5 Å². The molecule has 148 valence electrons. The summed E-state index contributed by atoms with van der Waals surface area (Å²) in [4.78, 5) is 29.1. The minimum Gasteiger partial charge on any atom is -0.370 e. The Balaban J connectivity index is 1.63. The minimum atomic E-state index is -0.228. The average molecular weight is 380 g/mol. The molecule has 0 atom stereocenters. The zero-order valence-electron chi connectivity index (χ0n) is 16.5. The van der Waals surface area contributed by atoms with Crippen LogP contribution in [0.5, 0.6) is 0 Å². The standard InChI is InChI=1S/C22H28N4O2/c1-2-12-25(15-8-11-19-9-4-3-5-10-19)22(28)18-26-21(27)16-20(17-23-26)24-13-6-7-14-24/h3-5,8-11,16-17H,2,6-7,12-15,18H2,1H3/b11-8+. The summed E-state index contributed by atoms with van der Waals surface area (Å²) < 4.78 is 1.26. The van der Waals surface area contributed by atoms with Gasteiger partial charge in [-0.25, -0.2) is 4.68 Å². The molecule has 6 heteroatoms. The second kappa shape index (κ2) is 9.88. The van der Waals surface area contributed by atoms with Crippen molar-refractivity contribution in [1.82, 2.24) is 14.7 Å². The van der Waals surface area contributed by atoms with Crippen LogP contribution in [0.3, 0.4) is 0 Å². The molecule has 3 rings (SSSR count). The first-order chi connectivity index (χ1) is 13.7. The minimum absolute atomic E-state index is 0.0295. The molecule has 0 N–H and O–H groups in total. The highest BCUT2D eigenvalue weighted by Gasteiger charge is 2.16. The van der Waals surface area contributed by atoms with Crippen molar-refractivity contribution in [3.63, 3.8) is 0 Å². The molecule has 1 saturated heterocycles. The van der Waals surface area contributed by atoms with E-state index in [1.54, 1.807) is 17.2 Å². The van der Waals surface area contributed by atoms with Gasteiger partial charge in [-0.3, -0.25) is 9.59 Å². The van der Waals surface area contributed by atoms with Crippen molar-refractivity contribution < 1.29 is 4.79 Å². The number of carbonyl (C=O) groups excluding carboxylic acids is 1. The van der Waals surface area contributed by atoms with Gasteiger partial charge in [-0.2, -0.15) is 5.10 Å². The van der Waals surface area contributed by atoms with Crippen LogP contribution in [0.4, 0.5) is 5.69 Å². The first kappa shape index (κ1) is 19.9. The van der Waals surface area contributed by atoms with Crippen molar-refractivity contribution in [2.24, 2.45) is 0 Å². The molecule has 0 radical (unpaired) electrons. The molecule has 28 heavy (non-hydrogen) atoms. The predicted molar refractivity (Wildman–Crippen MR) is 112 cm³/mol. The third-order valence-electron chi connectivity index (χ3n) is 4.89. The molecule has 0 aliphatic carbocycles. The topological polar surface area (TPSA) is 58.4 Å². The van der Waals surface area contributed by atoms with Crippen LogP contribution in [0.1, 0.15) is 31.7 Å². The van der Waals surface area contributed by atoms with Gasteiger partial charge in [0, 0.05) is 32.2 Å². The first-order valence-corrected chi connectivity index (χ1v) is 9.99. The molecule has 0 saturated carbocycles. The normalized spacial score (nSPS) is 14.0. The van der Waals surface area contributed by atoms with Crippen molar-refractivity contribution in [2.75, 3.05) is 31.1 Å². The smallest absolute Gasteiger partial charge is 0.269 e. The van der Waals surface area contributed by atoms with Crippen LogP contribution in [0.15, 0.2) is 53.5 Å². The van der Waals surface area contributed by atoms with E-state index in [-0.39, 0.29) is 18.0 Å². The van der Waals surface area contributed by atoms with Crippen LogP contribution in [0.2, 0.25) is 0 Å². The summed E-state index contributed by atoms with van der Waals surface area (Å²) in [5, 5.41) is 4.23. The van der Waals surface area contributed by atoms with Crippen LogP contribution in [-0.4, -0.2) is 46.8 Å². The maximum absolute atomic E-state index is 12.7. The molecule has 0 bridgehead atoms. The second-order valence-electron chi connectivity index (χ2n) is 7.06. The van der Waals surface area contributed by atoms with Crippen molar-refractivity contribution in [3.05, 3.63) is 64.6 Å². The average Bonchev–Trinajstić information content (AvgIpc) is 3.24. The van der Waals surface area contributed by atoms with E-state index in [9.17, 15) is 9.59 Å². The van der Waals surface area contributed by atoms with Crippen molar-refractivity contribution in [2.45, 2.75) is 32.7 Å². The number of aromatic nitrogens is 2. The van der Waals surface area contributed by atoms with Gasteiger partial charge >= 0.3 is 0 Å². The van der Waals surface area contributed by atoms with Gasteiger partial charge < -0.3 is 9.80 Å². The third kappa shape index (κ3) is 5.31. The number of carbonyl (C=O) groups is 1. The Bertz CT molecular complexity index is 854. The Morgan fingerprint density at radius 3 is 2.64 bits per heavy atom. The van der Waals surface area contributed by atoms with E-state index in [0.717, 1.165) is 43.6 Å².